The van der Waals surface area contributed by atoms with E-state index >= 15 is 0 Å². The van der Waals surface area contributed by atoms with E-state index in [0.717, 1.165) is 17.5 Å². The summed E-state index contributed by atoms with van der Waals surface area (Å²) >= 11 is 0. The van der Waals surface area contributed by atoms with Gasteiger partial charge in [-0.1, -0.05) is 30.3 Å². The monoisotopic (exact) mass is 325 g/mol. The lowest BCUT2D eigenvalue weighted by atomic mass is 10.1. The molecule has 0 saturated heterocycles. The lowest BCUT2D eigenvalue weighted by Gasteiger charge is -2.07. The van der Waals surface area contributed by atoms with E-state index in [1.165, 1.54) is 10.9 Å². The molecule has 0 unspecified atom stereocenters. The van der Waals surface area contributed by atoms with Gasteiger partial charge < -0.3 is 9.73 Å². The molecule has 3 aromatic rings. The maximum Gasteiger partial charge on any atom is 0.265 e. The number of rotatable bonds is 5. The van der Waals surface area contributed by atoms with Crippen LogP contribution in [-0.2, 0) is 17.8 Å². The smallest absolute Gasteiger partial charge is 0.265 e. The Morgan fingerprint density at radius 2 is 2.00 bits per heavy atom. The minimum Gasteiger partial charge on any atom is -0.443 e. The minimum absolute atomic E-state index is 0.0553. The van der Waals surface area contributed by atoms with Crippen molar-refractivity contribution in [3.8, 4) is 0 Å². The van der Waals surface area contributed by atoms with E-state index in [4.69, 9.17) is 4.42 Å². The lowest BCUT2D eigenvalue weighted by Crippen LogP contribution is -2.33. The summed E-state index contributed by atoms with van der Waals surface area (Å²) in [7, 11) is 0. The molecular weight excluding hydrogens is 306 g/mol. The highest BCUT2D eigenvalue weighted by molar-refractivity contribution is 5.79. The van der Waals surface area contributed by atoms with E-state index < -0.39 is 0 Å². The topological polar surface area (TPSA) is 77.1 Å². The standard InChI is InChI=1S/C18H19N3O3/c1-12-13(2)24-17-16(12)18(23)21(11-20-17)10-15(22)19-9-8-14-6-4-3-5-7-14/h3-7,11H,8-10H2,1-2H3,(H,19,22). The Morgan fingerprint density at radius 3 is 2.75 bits per heavy atom. The first-order valence-electron chi connectivity index (χ1n) is 7.82. The molecule has 0 spiro atoms. The van der Waals surface area contributed by atoms with Gasteiger partial charge in [0.05, 0.1) is 0 Å². The predicted octanol–water partition coefficient (Wildman–Crippen LogP) is 1.97. The van der Waals surface area contributed by atoms with Gasteiger partial charge in [-0.3, -0.25) is 14.2 Å². The number of aryl methyl sites for hydroxylation is 2. The summed E-state index contributed by atoms with van der Waals surface area (Å²) in [6, 6.07) is 9.91. The number of fused-ring (bicyclic) bond motifs is 1. The molecule has 0 saturated carbocycles. The van der Waals surface area contributed by atoms with Crippen molar-refractivity contribution < 1.29 is 9.21 Å². The van der Waals surface area contributed by atoms with Gasteiger partial charge in [-0.25, -0.2) is 4.98 Å². The van der Waals surface area contributed by atoms with E-state index in [1.807, 2.05) is 37.3 Å². The largest absolute Gasteiger partial charge is 0.443 e. The summed E-state index contributed by atoms with van der Waals surface area (Å²) < 4.78 is 6.74. The molecule has 124 valence electrons. The Kier molecular flexibility index (Phi) is 4.46. The Labute approximate surface area is 139 Å². The van der Waals surface area contributed by atoms with Gasteiger partial charge in [0, 0.05) is 12.1 Å². The Balaban J connectivity index is 1.66. The fourth-order valence-electron chi connectivity index (χ4n) is 2.58. The van der Waals surface area contributed by atoms with Crippen molar-refractivity contribution in [3.63, 3.8) is 0 Å². The van der Waals surface area contributed by atoms with E-state index in [9.17, 15) is 9.59 Å². The van der Waals surface area contributed by atoms with Crippen molar-refractivity contribution >= 4 is 17.0 Å². The first-order valence-corrected chi connectivity index (χ1v) is 7.82. The normalized spacial score (nSPS) is 10.9. The number of carbonyl (C=O) groups is 1. The van der Waals surface area contributed by atoms with Gasteiger partial charge in [-0.15, -0.1) is 0 Å². The number of furan rings is 1. The highest BCUT2D eigenvalue weighted by Crippen LogP contribution is 2.18. The Hall–Kier alpha value is -2.89. The molecule has 2 heterocycles. The van der Waals surface area contributed by atoms with Crippen LogP contribution >= 0.6 is 0 Å². The zero-order valence-corrected chi connectivity index (χ0v) is 13.7. The van der Waals surface area contributed by atoms with Crippen molar-refractivity contribution in [2.45, 2.75) is 26.8 Å². The third-order valence-corrected chi connectivity index (χ3v) is 4.05. The molecule has 1 aromatic carbocycles. The quantitative estimate of drug-likeness (QED) is 0.778. The van der Waals surface area contributed by atoms with Gasteiger partial charge in [0.1, 0.15) is 24.0 Å². The van der Waals surface area contributed by atoms with E-state index in [1.54, 1.807) is 6.92 Å². The molecule has 24 heavy (non-hydrogen) atoms. The fraction of sp³-hybridized carbons (Fsp3) is 0.278. The summed E-state index contributed by atoms with van der Waals surface area (Å²) in [5.74, 6) is 0.451. The van der Waals surface area contributed by atoms with E-state index in [0.29, 0.717) is 23.4 Å². The van der Waals surface area contributed by atoms with Gasteiger partial charge in [0.2, 0.25) is 11.6 Å². The number of hydrogen-bond acceptors (Lipinski definition) is 4. The molecule has 1 N–H and O–H groups in total. The lowest BCUT2D eigenvalue weighted by molar-refractivity contribution is -0.121. The van der Waals surface area contributed by atoms with E-state index in [2.05, 4.69) is 10.3 Å². The summed E-state index contributed by atoms with van der Waals surface area (Å²) in [6.07, 6.45) is 2.10. The molecule has 0 fully saturated rings. The fourth-order valence-corrected chi connectivity index (χ4v) is 2.58. The van der Waals surface area contributed by atoms with Crippen LogP contribution < -0.4 is 10.9 Å². The maximum absolute atomic E-state index is 12.5. The van der Waals surface area contributed by atoms with Crippen LogP contribution in [-0.4, -0.2) is 22.0 Å². The summed E-state index contributed by atoms with van der Waals surface area (Å²) in [4.78, 5) is 28.7. The molecule has 0 atom stereocenters. The van der Waals surface area contributed by atoms with Gasteiger partial charge >= 0.3 is 0 Å². The molecular formula is C18H19N3O3. The van der Waals surface area contributed by atoms with Crippen LogP contribution in [0.1, 0.15) is 16.9 Å². The second kappa shape index (κ2) is 6.70. The van der Waals surface area contributed by atoms with Crippen LogP contribution in [0.2, 0.25) is 0 Å². The molecule has 1 amide bonds. The zero-order valence-electron chi connectivity index (χ0n) is 13.7. The number of amides is 1. The van der Waals surface area contributed by atoms with Crippen LogP contribution in [0, 0.1) is 13.8 Å². The third kappa shape index (κ3) is 3.22. The van der Waals surface area contributed by atoms with Gasteiger partial charge in [-0.2, -0.15) is 0 Å². The average molecular weight is 325 g/mol. The molecule has 0 radical (unpaired) electrons. The van der Waals surface area contributed by atoms with Crippen LogP contribution in [0.4, 0.5) is 0 Å². The van der Waals surface area contributed by atoms with Gasteiger partial charge in [0.15, 0.2) is 0 Å². The molecule has 0 bridgehead atoms. The van der Waals surface area contributed by atoms with Crippen molar-refractivity contribution in [2.24, 2.45) is 0 Å². The van der Waals surface area contributed by atoms with Crippen molar-refractivity contribution in [3.05, 3.63) is 63.9 Å². The molecule has 2 aromatic heterocycles. The molecule has 6 nitrogen and oxygen atoms in total. The van der Waals surface area contributed by atoms with Crippen LogP contribution in [0.25, 0.3) is 11.1 Å². The zero-order chi connectivity index (χ0) is 17.1. The minimum atomic E-state index is -0.257. The third-order valence-electron chi connectivity index (χ3n) is 4.05. The summed E-state index contributed by atoms with van der Waals surface area (Å²) in [6.45, 7) is 4.07. The number of benzene rings is 1. The van der Waals surface area contributed by atoms with Crippen LogP contribution in [0.5, 0.6) is 0 Å². The van der Waals surface area contributed by atoms with Gasteiger partial charge in [-0.05, 0) is 25.8 Å². The van der Waals surface area contributed by atoms with Crippen LogP contribution in [0.3, 0.4) is 0 Å². The molecule has 0 aliphatic heterocycles. The maximum atomic E-state index is 12.5. The van der Waals surface area contributed by atoms with E-state index in [-0.39, 0.29) is 18.0 Å². The number of nitrogens with zero attached hydrogens (tertiary/aromatic N) is 2. The second-order valence-corrected chi connectivity index (χ2v) is 5.73. The van der Waals surface area contributed by atoms with Crippen molar-refractivity contribution in [1.29, 1.82) is 0 Å². The second-order valence-electron chi connectivity index (χ2n) is 5.73. The summed E-state index contributed by atoms with van der Waals surface area (Å²) in [5.41, 5.74) is 1.98. The molecule has 3 rings (SSSR count). The Bertz CT molecular complexity index is 926. The number of aromatic nitrogens is 2. The Morgan fingerprint density at radius 1 is 1.25 bits per heavy atom. The molecule has 0 aliphatic rings. The summed E-state index contributed by atoms with van der Waals surface area (Å²) in [5, 5.41) is 3.26. The average Bonchev–Trinajstić information content (AvgIpc) is 2.86. The molecule has 0 aliphatic carbocycles. The van der Waals surface area contributed by atoms with Crippen molar-refractivity contribution in [2.75, 3.05) is 6.54 Å². The number of nitrogens with one attached hydrogen (secondary N) is 1. The molecule has 6 heteroatoms. The van der Waals surface area contributed by atoms with Gasteiger partial charge in [0.25, 0.3) is 5.56 Å². The predicted molar refractivity (Wildman–Crippen MR) is 90.9 cm³/mol. The van der Waals surface area contributed by atoms with Crippen molar-refractivity contribution in [1.82, 2.24) is 14.9 Å². The first-order chi connectivity index (χ1) is 11.6. The van der Waals surface area contributed by atoms with Crippen LogP contribution in [0.15, 0.2) is 45.9 Å². The SMILES string of the molecule is Cc1oc2ncn(CC(=O)NCCc3ccccc3)c(=O)c2c1C. The number of hydrogen-bond donors (Lipinski definition) is 1. The number of carbonyl (C=O) groups excluding carboxylic acids is 1. The highest BCUT2D eigenvalue weighted by Gasteiger charge is 2.14. The first kappa shape index (κ1) is 16.0. The highest BCUT2D eigenvalue weighted by atomic mass is 16.3.